The van der Waals surface area contributed by atoms with Gasteiger partial charge >= 0.3 is 0 Å². The number of aromatic nitrogens is 3. The zero-order valence-corrected chi connectivity index (χ0v) is 19.9. The predicted molar refractivity (Wildman–Crippen MR) is 131 cm³/mol. The molecular formula is C26H28N4O2S. The Morgan fingerprint density at radius 1 is 1.00 bits per heavy atom. The van der Waals surface area contributed by atoms with Gasteiger partial charge in [0.1, 0.15) is 5.76 Å². The molecule has 0 radical (unpaired) electrons. The monoisotopic (exact) mass is 460 g/mol. The number of amides is 1. The van der Waals surface area contributed by atoms with Gasteiger partial charge in [0.15, 0.2) is 11.0 Å². The van der Waals surface area contributed by atoms with Crippen LogP contribution >= 0.6 is 11.8 Å². The van der Waals surface area contributed by atoms with E-state index in [2.05, 4.69) is 77.3 Å². The lowest BCUT2D eigenvalue weighted by Crippen LogP contribution is -2.24. The summed E-state index contributed by atoms with van der Waals surface area (Å²) in [4.78, 5) is 12.4. The number of benzene rings is 2. The average Bonchev–Trinajstić information content (AvgIpc) is 3.47. The largest absolute Gasteiger partial charge is 0.467 e. The van der Waals surface area contributed by atoms with Gasteiger partial charge in [0, 0.05) is 5.56 Å². The smallest absolute Gasteiger partial charge is 0.230 e. The third-order valence-corrected chi connectivity index (χ3v) is 6.25. The van der Waals surface area contributed by atoms with Crippen LogP contribution in [0.1, 0.15) is 37.7 Å². The summed E-state index contributed by atoms with van der Waals surface area (Å²) in [5, 5.41) is 12.5. The number of furan rings is 1. The second kappa shape index (κ2) is 10.1. The fourth-order valence-electron chi connectivity index (χ4n) is 3.42. The molecule has 0 saturated heterocycles. The Labute approximate surface area is 198 Å². The number of nitrogens with zero attached hydrogens (tertiary/aromatic N) is 3. The molecule has 0 unspecified atom stereocenters. The van der Waals surface area contributed by atoms with Crippen molar-refractivity contribution in [3.63, 3.8) is 0 Å². The van der Waals surface area contributed by atoms with Crippen molar-refractivity contribution < 1.29 is 9.21 Å². The Morgan fingerprint density at radius 2 is 1.76 bits per heavy atom. The van der Waals surface area contributed by atoms with E-state index in [4.69, 9.17) is 4.42 Å². The molecule has 7 heteroatoms. The first kappa shape index (κ1) is 22.9. The predicted octanol–water partition coefficient (Wildman–Crippen LogP) is 5.29. The molecule has 0 bridgehead atoms. The van der Waals surface area contributed by atoms with E-state index in [1.54, 1.807) is 12.3 Å². The van der Waals surface area contributed by atoms with Crippen LogP contribution in [0.2, 0.25) is 0 Å². The lowest BCUT2D eigenvalue weighted by atomic mass is 9.87. The third-order valence-electron chi connectivity index (χ3n) is 5.28. The van der Waals surface area contributed by atoms with Crippen LogP contribution in [0.3, 0.4) is 0 Å². The van der Waals surface area contributed by atoms with Crippen molar-refractivity contribution >= 4 is 17.7 Å². The molecular weight excluding hydrogens is 432 g/mol. The van der Waals surface area contributed by atoms with Gasteiger partial charge in [0.25, 0.3) is 0 Å². The first-order valence-electron chi connectivity index (χ1n) is 10.9. The van der Waals surface area contributed by atoms with Gasteiger partial charge < -0.3 is 9.73 Å². The van der Waals surface area contributed by atoms with Crippen LogP contribution in [0, 0.1) is 0 Å². The van der Waals surface area contributed by atoms with E-state index in [1.807, 2.05) is 24.3 Å². The van der Waals surface area contributed by atoms with Crippen LogP contribution in [0.25, 0.3) is 11.4 Å². The van der Waals surface area contributed by atoms with E-state index >= 15 is 0 Å². The summed E-state index contributed by atoms with van der Waals surface area (Å²) >= 11 is 1.38. The van der Waals surface area contributed by atoms with Gasteiger partial charge in [-0.3, -0.25) is 9.36 Å². The Morgan fingerprint density at radius 3 is 2.42 bits per heavy atom. The number of carbonyl (C=O) groups excluding carboxylic acids is 1. The van der Waals surface area contributed by atoms with Gasteiger partial charge in [-0.2, -0.15) is 0 Å². The van der Waals surface area contributed by atoms with E-state index in [9.17, 15) is 4.79 Å². The second-order valence-corrected chi connectivity index (χ2v) is 9.79. The fourth-order valence-corrected chi connectivity index (χ4v) is 4.18. The summed E-state index contributed by atoms with van der Waals surface area (Å²) < 4.78 is 7.34. The minimum atomic E-state index is -0.0817. The number of rotatable bonds is 8. The standard InChI is InChI=1S/C26H28N4O2S/c1-26(2,3)21-13-11-20(12-14-21)24-28-29-25(30(24)17-19-8-5-4-6-9-19)33-18-23(31)27-16-22-10-7-15-32-22/h4-15H,16-18H2,1-3H3,(H,27,31). The molecule has 0 aliphatic carbocycles. The third kappa shape index (κ3) is 5.93. The van der Waals surface area contributed by atoms with Crippen LogP contribution in [-0.2, 0) is 23.3 Å². The summed E-state index contributed by atoms with van der Waals surface area (Å²) in [6.45, 7) is 7.60. The molecule has 0 fully saturated rings. The van der Waals surface area contributed by atoms with Crippen LogP contribution in [0.15, 0.2) is 82.6 Å². The minimum absolute atomic E-state index is 0.0817. The van der Waals surface area contributed by atoms with Crippen molar-refractivity contribution in [2.75, 3.05) is 5.75 Å². The topological polar surface area (TPSA) is 73.0 Å². The van der Waals surface area contributed by atoms with Crippen molar-refractivity contribution in [1.29, 1.82) is 0 Å². The molecule has 4 rings (SSSR count). The van der Waals surface area contributed by atoms with E-state index in [0.717, 1.165) is 22.7 Å². The summed E-state index contributed by atoms with van der Waals surface area (Å²) in [6.07, 6.45) is 1.60. The van der Waals surface area contributed by atoms with Crippen molar-refractivity contribution in [3.05, 3.63) is 89.9 Å². The zero-order chi connectivity index (χ0) is 23.3. The Bertz CT molecular complexity index is 1180. The summed E-state index contributed by atoms with van der Waals surface area (Å²) in [5.41, 5.74) is 3.50. The molecule has 2 aromatic heterocycles. The first-order chi connectivity index (χ1) is 15.9. The molecule has 33 heavy (non-hydrogen) atoms. The molecule has 1 amide bonds. The lowest BCUT2D eigenvalue weighted by molar-refractivity contribution is -0.118. The number of carbonyl (C=O) groups is 1. The molecule has 170 valence electrons. The Balaban J connectivity index is 1.54. The minimum Gasteiger partial charge on any atom is -0.467 e. The molecule has 6 nitrogen and oxygen atoms in total. The highest BCUT2D eigenvalue weighted by atomic mass is 32.2. The number of hydrogen-bond acceptors (Lipinski definition) is 5. The number of nitrogens with one attached hydrogen (secondary N) is 1. The van der Waals surface area contributed by atoms with Crippen molar-refractivity contribution in [2.45, 2.75) is 44.4 Å². The quantitative estimate of drug-likeness (QED) is 0.362. The van der Waals surface area contributed by atoms with E-state index < -0.39 is 0 Å². The van der Waals surface area contributed by atoms with E-state index in [-0.39, 0.29) is 17.1 Å². The molecule has 0 saturated carbocycles. The molecule has 0 atom stereocenters. The molecule has 1 N–H and O–H groups in total. The summed E-state index contributed by atoms with van der Waals surface area (Å²) in [7, 11) is 0. The Kier molecular flexibility index (Phi) is 6.99. The van der Waals surface area contributed by atoms with E-state index in [1.165, 1.54) is 17.3 Å². The van der Waals surface area contributed by atoms with Gasteiger partial charge in [-0.1, -0.05) is 87.1 Å². The van der Waals surface area contributed by atoms with Gasteiger partial charge in [0.2, 0.25) is 5.91 Å². The average molecular weight is 461 g/mol. The highest BCUT2D eigenvalue weighted by molar-refractivity contribution is 7.99. The first-order valence-corrected chi connectivity index (χ1v) is 11.9. The second-order valence-electron chi connectivity index (χ2n) is 8.85. The summed E-state index contributed by atoms with van der Waals surface area (Å²) in [6, 6.07) is 22.3. The normalized spacial score (nSPS) is 11.5. The molecule has 0 spiro atoms. The van der Waals surface area contributed by atoms with Crippen LogP contribution in [-0.4, -0.2) is 26.4 Å². The highest BCUT2D eigenvalue weighted by Crippen LogP contribution is 2.28. The molecule has 2 aromatic carbocycles. The molecule has 0 aliphatic heterocycles. The SMILES string of the molecule is CC(C)(C)c1ccc(-c2nnc(SCC(=O)NCc3ccco3)n2Cc2ccccc2)cc1. The van der Waals surface area contributed by atoms with Gasteiger partial charge in [-0.05, 0) is 28.7 Å². The van der Waals surface area contributed by atoms with Gasteiger partial charge in [0.05, 0.1) is 25.1 Å². The fraction of sp³-hybridized carbons (Fsp3) is 0.269. The lowest BCUT2D eigenvalue weighted by Gasteiger charge is -2.19. The van der Waals surface area contributed by atoms with Crippen LogP contribution in [0.4, 0.5) is 0 Å². The summed E-state index contributed by atoms with van der Waals surface area (Å²) in [5.74, 6) is 1.68. The van der Waals surface area contributed by atoms with Gasteiger partial charge in [-0.25, -0.2) is 0 Å². The molecule has 4 aromatic rings. The number of thioether (sulfide) groups is 1. The van der Waals surface area contributed by atoms with Crippen LogP contribution in [0.5, 0.6) is 0 Å². The number of hydrogen-bond donors (Lipinski definition) is 1. The molecule has 2 heterocycles. The maximum Gasteiger partial charge on any atom is 0.230 e. The van der Waals surface area contributed by atoms with Crippen molar-refractivity contribution in [1.82, 2.24) is 20.1 Å². The maximum atomic E-state index is 12.4. The van der Waals surface area contributed by atoms with Crippen LogP contribution < -0.4 is 5.32 Å². The van der Waals surface area contributed by atoms with Crippen molar-refractivity contribution in [3.8, 4) is 11.4 Å². The van der Waals surface area contributed by atoms with Crippen molar-refractivity contribution in [2.24, 2.45) is 0 Å². The van der Waals surface area contributed by atoms with E-state index in [0.29, 0.717) is 18.2 Å². The van der Waals surface area contributed by atoms with Gasteiger partial charge in [-0.15, -0.1) is 10.2 Å². The Hall–Kier alpha value is -3.32. The zero-order valence-electron chi connectivity index (χ0n) is 19.1. The molecule has 0 aliphatic rings. The maximum absolute atomic E-state index is 12.4. The highest BCUT2D eigenvalue weighted by Gasteiger charge is 2.18.